The van der Waals surface area contributed by atoms with E-state index >= 15 is 0 Å². The Kier molecular flexibility index (Phi) is 10.9. The number of cyclic esters (lactones) is 2. The second-order valence-electron chi connectivity index (χ2n) is 9.50. The molecule has 1 aliphatic rings. The average molecular weight is 521 g/mol. The molecule has 1 saturated heterocycles. The van der Waals surface area contributed by atoms with E-state index in [4.69, 9.17) is 14.2 Å². The van der Waals surface area contributed by atoms with Crippen molar-refractivity contribution in [1.29, 1.82) is 0 Å². The third-order valence-corrected chi connectivity index (χ3v) is 5.98. The minimum absolute atomic E-state index is 0.00221. The Morgan fingerprint density at radius 1 is 1.14 bits per heavy atom. The molecular weight excluding hydrogens is 484 g/mol. The largest absolute Gasteiger partial charge is 0.505 e. The van der Waals surface area contributed by atoms with E-state index in [1.54, 1.807) is 0 Å². The summed E-state index contributed by atoms with van der Waals surface area (Å²) in [6, 6.07) is 2.70. The maximum absolute atomic E-state index is 13.2. The van der Waals surface area contributed by atoms with Crippen molar-refractivity contribution in [2.45, 2.75) is 84.7 Å². The molecule has 1 aromatic rings. The van der Waals surface area contributed by atoms with Crippen molar-refractivity contribution in [1.82, 2.24) is 5.32 Å². The lowest BCUT2D eigenvalue weighted by Gasteiger charge is -2.29. The fourth-order valence-electron chi connectivity index (χ4n) is 4.03. The van der Waals surface area contributed by atoms with Crippen LogP contribution in [0.2, 0.25) is 0 Å². The molecule has 204 valence electrons. The standard InChI is InChI=1S/C26H36N2O9/c1-6-7-9-18-23(37-20(30)12-14(2)3)16(5)36-26(34)21(15(4)35-25(18)33)28-24(32)17-10-8-11-19(22(17)31)27-13-29/h8,10-11,13-16,18,21,23,31H,6-7,9,12H2,1-5H3,(H,27,29)(H,28,32)/t15-,16+,18-,21+,23+/m1/s1. The van der Waals surface area contributed by atoms with Gasteiger partial charge in [0, 0.05) is 6.42 Å². The smallest absolute Gasteiger partial charge is 0.332 e. The number of amides is 2. The van der Waals surface area contributed by atoms with Gasteiger partial charge in [0.2, 0.25) is 6.41 Å². The van der Waals surface area contributed by atoms with Crippen LogP contribution in [0.1, 0.15) is 70.7 Å². The first-order valence-electron chi connectivity index (χ1n) is 12.4. The van der Waals surface area contributed by atoms with Crippen molar-refractivity contribution < 1.29 is 43.3 Å². The summed E-state index contributed by atoms with van der Waals surface area (Å²) in [5, 5.41) is 15.1. The number of unbranched alkanes of at least 4 members (excludes halogenated alkanes) is 1. The minimum Gasteiger partial charge on any atom is -0.505 e. The topological polar surface area (TPSA) is 157 Å². The molecule has 0 unspecified atom stereocenters. The second-order valence-corrected chi connectivity index (χ2v) is 9.50. The van der Waals surface area contributed by atoms with Crippen LogP contribution in [-0.2, 0) is 33.4 Å². The summed E-state index contributed by atoms with van der Waals surface area (Å²) in [6.45, 7) is 8.61. The van der Waals surface area contributed by atoms with Crippen molar-refractivity contribution in [2.75, 3.05) is 5.32 Å². The maximum Gasteiger partial charge on any atom is 0.332 e. The van der Waals surface area contributed by atoms with Crippen LogP contribution in [-0.4, -0.2) is 59.7 Å². The molecule has 11 nitrogen and oxygen atoms in total. The number of hydrogen-bond acceptors (Lipinski definition) is 9. The maximum atomic E-state index is 13.2. The van der Waals surface area contributed by atoms with Gasteiger partial charge in [0.15, 0.2) is 17.9 Å². The number of anilines is 1. The second kappa shape index (κ2) is 13.6. The van der Waals surface area contributed by atoms with Crippen molar-refractivity contribution in [3.05, 3.63) is 23.8 Å². The van der Waals surface area contributed by atoms with Crippen LogP contribution in [0.3, 0.4) is 0 Å². The van der Waals surface area contributed by atoms with Crippen LogP contribution in [0.15, 0.2) is 18.2 Å². The molecule has 5 atom stereocenters. The third kappa shape index (κ3) is 7.93. The predicted molar refractivity (Wildman–Crippen MR) is 133 cm³/mol. The van der Waals surface area contributed by atoms with E-state index in [2.05, 4.69) is 10.6 Å². The van der Waals surface area contributed by atoms with Crippen LogP contribution in [0, 0.1) is 11.8 Å². The fraction of sp³-hybridized carbons (Fsp3) is 0.577. The van der Waals surface area contributed by atoms with Crippen LogP contribution >= 0.6 is 0 Å². The summed E-state index contributed by atoms with van der Waals surface area (Å²) < 4.78 is 16.8. The quantitative estimate of drug-likeness (QED) is 0.183. The molecule has 0 saturated carbocycles. The highest BCUT2D eigenvalue weighted by atomic mass is 16.6. The van der Waals surface area contributed by atoms with Gasteiger partial charge in [0.25, 0.3) is 5.91 Å². The molecule has 0 spiro atoms. The van der Waals surface area contributed by atoms with E-state index in [1.165, 1.54) is 32.0 Å². The molecule has 2 amide bonds. The number of esters is 3. The molecule has 1 aliphatic heterocycles. The normalized spacial score (nSPS) is 24.1. The highest BCUT2D eigenvalue weighted by Gasteiger charge is 2.43. The number of carbonyl (C=O) groups is 5. The van der Waals surface area contributed by atoms with Crippen LogP contribution < -0.4 is 10.6 Å². The number of phenols is 1. The Morgan fingerprint density at radius 3 is 2.43 bits per heavy atom. The number of carbonyl (C=O) groups excluding carboxylic acids is 5. The summed E-state index contributed by atoms with van der Waals surface area (Å²) in [5.41, 5.74) is -0.218. The van der Waals surface area contributed by atoms with Crippen molar-refractivity contribution in [2.24, 2.45) is 11.8 Å². The zero-order valence-electron chi connectivity index (χ0n) is 21.8. The van der Waals surface area contributed by atoms with E-state index in [0.717, 1.165) is 6.42 Å². The third-order valence-electron chi connectivity index (χ3n) is 5.98. The fourth-order valence-corrected chi connectivity index (χ4v) is 4.03. The van der Waals surface area contributed by atoms with Crippen LogP contribution in [0.5, 0.6) is 5.75 Å². The molecule has 1 heterocycles. The molecule has 0 bridgehead atoms. The number of rotatable bonds is 10. The first-order chi connectivity index (χ1) is 17.5. The van der Waals surface area contributed by atoms with E-state index < -0.39 is 59.8 Å². The molecule has 0 radical (unpaired) electrons. The van der Waals surface area contributed by atoms with Gasteiger partial charge < -0.3 is 30.0 Å². The van der Waals surface area contributed by atoms with Crippen LogP contribution in [0.4, 0.5) is 5.69 Å². The monoisotopic (exact) mass is 520 g/mol. The molecular formula is C26H36N2O9. The SMILES string of the molecule is CCCC[C@H]1C(=O)O[C@H](C)[C@H](NC(=O)c2cccc(NC=O)c2O)C(=O)O[C@@H](C)[C@@H]1OC(=O)CC(C)C. The first-order valence-corrected chi connectivity index (χ1v) is 12.4. The van der Waals surface area contributed by atoms with E-state index in [-0.39, 0.29) is 23.6 Å². The van der Waals surface area contributed by atoms with Gasteiger partial charge in [-0.2, -0.15) is 0 Å². The summed E-state index contributed by atoms with van der Waals surface area (Å²) in [5.74, 6) is -4.29. The lowest BCUT2D eigenvalue weighted by Crippen LogP contribution is -2.50. The van der Waals surface area contributed by atoms with Crippen LogP contribution in [0.25, 0.3) is 0 Å². The van der Waals surface area contributed by atoms with Gasteiger partial charge in [0.1, 0.15) is 12.2 Å². The zero-order chi connectivity index (χ0) is 27.7. The van der Waals surface area contributed by atoms with Gasteiger partial charge in [-0.3, -0.25) is 19.2 Å². The molecule has 1 aromatic carbocycles. The molecule has 37 heavy (non-hydrogen) atoms. The lowest BCUT2D eigenvalue weighted by molar-refractivity contribution is -0.175. The highest BCUT2D eigenvalue weighted by Crippen LogP contribution is 2.29. The molecule has 2 rings (SSSR count). The average Bonchev–Trinajstić information content (AvgIpc) is 2.84. The summed E-state index contributed by atoms with van der Waals surface area (Å²) in [4.78, 5) is 62.5. The number of aromatic hydroxyl groups is 1. The number of nitrogens with one attached hydrogen (secondary N) is 2. The molecule has 1 fully saturated rings. The van der Waals surface area contributed by atoms with Crippen molar-refractivity contribution in [3.63, 3.8) is 0 Å². The molecule has 0 aliphatic carbocycles. The minimum atomic E-state index is -1.42. The zero-order valence-corrected chi connectivity index (χ0v) is 21.8. The van der Waals surface area contributed by atoms with E-state index in [9.17, 15) is 29.1 Å². The van der Waals surface area contributed by atoms with Gasteiger partial charge in [0.05, 0.1) is 17.2 Å². The van der Waals surface area contributed by atoms with E-state index in [0.29, 0.717) is 19.3 Å². The number of ether oxygens (including phenoxy) is 3. The van der Waals surface area contributed by atoms with Crippen molar-refractivity contribution in [3.8, 4) is 5.75 Å². The summed E-state index contributed by atoms with van der Waals surface area (Å²) >= 11 is 0. The Hall–Kier alpha value is -3.63. The molecule has 0 aromatic heterocycles. The Balaban J connectivity index is 2.34. The number of benzene rings is 1. The van der Waals surface area contributed by atoms with Gasteiger partial charge in [-0.15, -0.1) is 0 Å². The Bertz CT molecular complexity index is 994. The Morgan fingerprint density at radius 2 is 1.81 bits per heavy atom. The van der Waals surface area contributed by atoms with Gasteiger partial charge in [-0.25, -0.2) is 4.79 Å². The highest BCUT2D eigenvalue weighted by molar-refractivity contribution is 6.01. The number of phenolic OH excluding ortho intramolecular Hbond substituents is 1. The Labute approximate surface area is 216 Å². The van der Waals surface area contributed by atoms with Gasteiger partial charge in [-0.1, -0.05) is 39.7 Å². The van der Waals surface area contributed by atoms with Crippen molar-refractivity contribution >= 4 is 35.9 Å². The predicted octanol–water partition coefficient (Wildman–Crippen LogP) is 2.70. The van der Waals surface area contributed by atoms with Gasteiger partial charge in [-0.05, 0) is 38.3 Å². The molecule has 11 heteroatoms. The molecule has 3 N–H and O–H groups in total. The summed E-state index contributed by atoms with van der Waals surface area (Å²) in [7, 11) is 0. The number of para-hydroxylation sites is 1. The van der Waals surface area contributed by atoms with E-state index in [1.807, 2.05) is 20.8 Å². The number of hydrogen-bond donors (Lipinski definition) is 3. The lowest BCUT2D eigenvalue weighted by atomic mass is 9.92. The summed E-state index contributed by atoms with van der Waals surface area (Å²) in [6.07, 6.45) is -0.952. The first kappa shape index (κ1) is 29.6. The van der Waals surface area contributed by atoms with Gasteiger partial charge >= 0.3 is 17.9 Å².